The van der Waals surface area contributed by atoms with E-state index < -0.39 is 0 Å². The van der Waals surface area contributed by atoms with E-state index in [-0.39, 0.29) is 5.91 Å². The normalized spacial score (nSPS) is 15.0. The Balaban J connectivity index is 1.48. The summed E-state index contributed by atoms with van der Waals surface area (Å²) in [5.41, 5.74) is 4.44. The number of carbonyl (C=O) groups excluding carboxylic acids is 1. The first kappa shape index (κ1) is 21.7. The van der Waals surface area contributed by atoms with Crippen LogP contribution in [-0.4, -0.2) is 16.0 Å². The second-order valence-corrected chi connectivity index (χ2v) is 10.8. The van der Waals surface area contributed by atoms with Gasteiger partial charge < -0.3 is 9.84 Å². The second-order valence-electron chi connectivity index (χ2n) is 8.73. The standard InChI is InChI=1S/C27H20N4O2S2/c1-15-9-10-17-19(14-28)27(35-22(17)12-15)30-25(32)18-13-20(21-8-5-11-34-21)29-26-23(18)24(31-33-26)16-6-3-2-4-7-16/h2-8,11,13,15H,9-10,12H2,1H3,(H,30,32)/t15-/m0/s1. The van der Waals surface area contributed by atoms with Crippen LogP contribution in [0.15, 0.2) is 58.4 Å². The van der Waals surface area contributed by atoms with Gasteiger partial charge in [0.25, 0.3) is 11.6 Å². The molecule has 35 heavy (non-hydrogen) atoms. The molecular formula is C27H20N4O2S2. The number of carbonyl (C=O) groups is 1. The third-order valence-electron chi connectivity index (χ3n) is 6.36. The number of benzene rings is 1. The quantitative estimate of drug-likeness (QED) is 0.291. The predicted octanol–water partition coefficient (Wildman–Crippen LogP) is 6.93. The van der Waals surface area contributed by atoms with Crippen LogP contribution < -0.4 is 5.32 Å². The highest BCUT2D eigenvalue weighted by Crippen LogP contribution is 2.40. The topological polar surface area (TPSA) is 91.8 Å². The number of anilines is 1. The van der Waals surface area contributed by atoms with E-state index >= 15 is 0 Å². The lowest BCUT2D eigenvalue weighted by atomic mass is 9.88. The van der Waals surface area contributed by atoms with Crippen molar-refractivity contribution in [2.75, 3.05) is 5.32 Å². The molecule has 172 valence electrons. The molecule has 0 bridgehead atoms. The van der Waals surface area contributed by atoms with E-state index in [1.165, 1.54) is 27.6 Å². The van der Waals surface area contributed by atoms with Gasteiger partial charge in [0.05, 0.1) is 27.1 Å². The van der Waals surface area contributed by atoms with Gasteiger partial charge in [-0.3, -0.25) is 4.79 Å². The van der Waals surface area contributed by atoms with Crippen molar-refractivity contribution in [1.29, 1.82) is 5.26 Å². The lowest BCUT2D eigenvalue weighted by Crippen LogP contribution is -2.13. The van der Waals surface area contributed by atoms with Crippen molar-refractivity contribution in [2.45, 2.75) is 26.2 Å². The molecule has 0 fully saturated rings. The van der Waals surface area contributed by atoms with Gasteiger partial charge in [-0.25, -0.2) is 4.98 Å². The highest BCUT2D eigenvalue weighted by molar-refractivity contribution is 7.16. The fourth-order valence-electron chi connectivity index (χ4n) is 4.60. The predicted molar refractivity (Wildman–Crippen MR) is 139 cm³/mol. The molecule has 1 N–H and O–H groups in total. The van der Waals surface area contributed by atoms with E-state index in [0.29, 0.717) is 44.5 Å². The molecule has 1 amide bonds. The van der Waals surface area contributed by atoms with Crippen molar-refractivity contribution in [3.8, 4) is 27.9 Å². The lowest BCUT2D eigenvalue weighted by molar-refractivity contribution is 0.102. The fourth-order valence-corrected chi connectivity index (χ4v) is 6.64. The SMILES string of the molecule is C[C@H]1CCc2c(sc(NC(=O)c3cc(-c4cccs4)nc4onc(-c5ccccc5)c34)c2C#N)C1. The summed E-state index contributed by atoms with van der Waals surface area (Å²) >= 11 is 3.06. The molecule has 4 aromatic heterocycles. The van der Waals surface area contributed by atoms with Crippen molar-refractivity contribution >= 4 is 44.7 Å². The molecule has 0 spiro atoms. The van der Waals surface area contributed by atoms with Crippen LogP contribution in [0, 0.1) is 17.2 Å². The summed E-state index contributed by atoms with van der Waals surface area (Å²) in [5, 5.41) is 20.3. The Hall–Kier alpha value is -3.80. The van der Waals surface area contributed by atoms with Crippen LogP contribution in [-0.2, 0) is 12.8 Å². The van der Waals surface area contributed by atoms with Gasteiger partial charge in [-0.15, -0.1) is 22.7 Å². The van der Waals surface area contributed by atoms with Crippen LogP contribution in [0.25, 0.3) is 32.9 Å². The maximum Gasteiger partial charge on any atom is 0.259 e. The Kier molecular flexibility index (Phi) is 5.44. The van der Waals surface area contributed by atoms with Crippen LogP contribution in [0.1, 0.15) is 39.7 Å². The van der Waals surface area contributed by atoms with Crippen molar-refractivity contribution < 1.29 is 9.32 Å². The second kappa shape index (κ2) is 8.77. The first-order valence-electron chi connectivity index (χ1n) is 11.4. The van der Waals surface area contributed by atoms with Crippen molar-refractivity contribution in [2.24, 2.45) is 5.92 Å². The van der Waals surface area contributed by atoms with Gasteiger partial charge in [0.1, 0.15) is 16.8 Å². The van der Waals surface area contributed by atoms with E-state index in [4.69, 9.17) is 4.52 Å². The Bertz CT molecular complexity index is 1590. The van der Waals surface area contributed by atoms with Gasteiger partial charge in [-0.05, 0) is 48.3 Å². The zero-order valence-corrected chi connectivity index (χ0v) is 20.5. The van der Waals surface area contributed by atoms with Crippen molar-refractivity contribution in [1.82, 2.24) is 10.1 Å². The third-order valence-corrected chi connectivity index (χ3v) is 8.42. The molecule has 6 nitrogen and oxygen atoms in total. The number of nitrogens with one attached hydrogen (secondary N) is 1. The largest absolute Gasteiger partial charge is 0.335 e. The Labute approximate surface area is 209 Å². The molecule has 6 rings (SSSR count). The summed E-state index contributed by atoms with van der Waals surface area (Å²) in [5.74, 6) is 0.272. The minimum Gasteiger partial charge on any atom is -0.335 e. The molecule has 1 aliphatic rings. The molecule has 4 heterocycles. The molecule has 1 atom stereocenters. The van der Waals surface area contributed by atoms with Crippen LogP contribution in [0.2, 0.25) is 0 Å². The number of pyridine rings is 1. The molecule has 1 aliphatic carbocycles. The van der Waals surface area contributed by atoms with Gasteiger partial charge in [-0.2, -0.15) is 5.26 Å². The van der Waals surface area contributed by atoms with Crippen molar-refractivity contribution in [3.63, 3.8) is 0 Å². The third kappa shape index (κ3) is 3.83. The first-order valence-corrected chi connectivity index (χ1v) is 13.1. The lowest BCUT2D eigenvalue weighted by Gasteiger charge is -2.17. The molecular weight excluding hydrogens is 476 g/mol. The number of fused-ring (bicyclic) bond motifs is 2. The Morgan fingerprint density at radius 2 is 2.09 bits per heavy atom. The van der Waals surface area contributed by atoms with Crippen molar-refractivity contribution in [3.05, 3.63) is 75.5 Å². The molecule has 0 aliphatic heterocycles. The first-order chi connectivity index (χ1) is 17.1. The molecule has 0 saturated carbocycles. The van der Waals surface area contributed by atoms with Crippen LogP contribution in [0.5, 0.6) is 0 Å². The number of aromatic nitrogens is 2. The number of nitriles is 1. The molecule has 8 heteroatoms. The summed E-state index contributed by atoms with van der Waals surface area (Å²) in [6.07, 6.45) is 2.87. The Morgan fingerprint density at radius 1 is 1.23 bits per heavy atom. The Morgan fingerprint density at radius 3 is 2.86 bits per heavy atom. The van der Waals surface area contributed by atoms with Gasteiger partial charge in [0, 0.05) is 10.4 Å². The van der Waals surface area contributed by atoms with E-state index in [2.05, 4.69) is 28.5 Å². The molecule has 0 saturated heterocycles. The smallest absolute Gasteiger partial charge is 0.259 e. The minimum atomic E-state index is -0.307. The van der Waals surface area contributed by atoms with Crippen LogP contribution >= 0.6 is 22.7 Å². The fraction of sp³-hybridized carbons (Fsp3) is 0.185. The van der Waals surface area contributed by atoms with Crippen LogP contribution in [0.4, 0.5) is 5.00 Å². The summed E-state index contributed by atoms with van der Waals surface area (Å²) in [4.78, 5) is 20.6. The maximum absolute atomic E-state index is 13.8. The zero-order valence-electron chi connectivity index (χ0n) is 18.9. The number of nitrogens with zero attached hydrogens (tertiary/aromatic N) is 3. The van der Waals surface area contributed by atoms with E-state index in [1.54, 1.807) is 6.07 Å². The van der Waals surface area contributed by atoms with Gasteiger partial charge in [0.2, 0.25) is 0 Å². The van der Waals surface area contributed by atoms with E-state index in [0.717, 1.165) is 35.3 Å². The average Bonchev–Trinajstić information content (AvgIpc) is 3.62. The monoisotopic (exact) mass is 496 g/mol. The average molecular weight is 497 g/mol. The highest BCUT2D eigenvalue weighted by Gasteiger charge is 2.27. The van der Waals surface area contributed by atoms with Gasteiger partial charge in [0.15, 0.2) is 0 Å². The number of rotatable bonds is 4. The number of hydrogen-bond donors (Lipinski definition) is 1. The summed E-state index contributed by atoms with van der Waals surface area (Å²) in [7, 11) is 0. The summed E-state index contributed by atoms with van der Waals surface area (Å²) < 4.78 is 5.62. The number of amides is 1. The van der Waals surface area contributed by atoms with E-state index in [9.17, 15) is 10.1 Å². The highest BCUT2D eigenvalue weighted by atomic mass is 32.1. The maximum atomic E-state index is 13.8. The molecule has 0 unspecified atom stereocenters. The number of thiophene rings is 2. The van der Waals surface area contributed by atoms with Gasteiger partial charge >= 0.3 is 0 Å². The summed E-state index contributed by atoms with van der Waals surface area (Å²) in [6, 6.07) is 17.6. The number of hydrogen-bond acceptors (Lipinski definition) is 7. The van der Waals surface area contributed by atoms with Crippen LogP contribution in [0.3, 0.4) is 0 Å². The molecule has 0 radical (unpaired) electrons. The zero-order chi connectivity index (χ0) is 23.9. The minimum absolute atomic E-state index is 0.305. The molecule has 5 aromatic rings. The van der Waals surface area contributed by atoms with E-state index in [1.807, 2.05) is 47.8 Å². The van der Waals surface area contributed by atoms with Gasteiger partial charge in [-0.1, -0.05) is 48.5 Å². The summed E-state index contributed by atoms with van der Waals surface area (Å²) in [6.45, 7) is 2.23. The molecule has 1 aromatic carbocycles.